The summed E-state index contributed by atoms with van der Waals surface area (Å²) in [4.78, 5) is 10.2. The van der Waals surface area contributed by atoms with Gasteiger partial charge in [0.1, 0.15) is 11.5 Å². The molecule has 1 aliphatic rings. The summed E-state index contributed by atoms with van der Waals surface area (Å²) >= 11 is 0. The van der Waals surface area contributed by atoms with Gasteiger partial charge in [0, 0.05) is 27.6 Å². The first-order valence-electron chi connectivity index (χ1n) is 17.9. The molecule has 0 atom stereocenters. The SMILES string of the molecule is c1ccc(-c2ccc(-c3cc(-c4cccc(-c5cccc(-c6ccc7c(c6)-c6cccc8cccc(c68)O7)c5)c4)nc(-c4ccccc4)n3)cc2)cc1. The summed E-state index contributed by atoms with van der Waals surface area (Å²) in [5.41, 5.74) is 14.1. The highest BCUT2D eigenvalue weighted by molar-refractivity contribution is 6.04. The first kappa shape index (κ1) is 30.7. The molecule has 0 saturated carbocycles. The van der Waals surface area contributed by atoms with E-state index in [1.54, 1.807) is 0 Å². The second kappa shape index (κ2) is 12.9. The van der Waals surface area contributed by atoms with Gasteiger partial charge in [-0.2, -0.15) is 0 Å². The second-order valence-electron chi connectivity index (χ2n) is 13.4. The summed E-state index contributed by atoms with van der Waals surface area (Å²) in [6.07, 6.45) is 0. The second-order valence-corrected chi connectivity index (χ2v) is 13.4. The number of aromatic nitrogens is 2. The van der Waals surface area contributed by atoms with Gasteiger partial charge in [-0.05, 0) is 80.7 Å². The molecule has 248 valence electrons. The van der Waals surface area contributed by atoms with Crippen molar-refractivity contribution in [1.82, 2.24) is 9.97 Å². The number of benzene rings is 8. The van der Waals surface area contributed by atoms with Crippen molar-refractivity contribution in [3.05, 3.63) is 194 Å². The van der Waals surface area contributed by atoms with Gasteiger partial charge in [-0.3, -0.25) is 0 Å². The molecule has 2 heterocycles. The van der Waals surface area contributed by atoms with E-state index in [1.807, 2.05) is 30.3 Å². The zero-order chi connectivity index (χ0) is 35.1. The Morgan fingerprint density at radius 1 is 0.302 bits per heavy atom. The lowest BCUT2D eigenvalue weighted by Gasteiger charge is -2.22. The molecule has 1 aromatic heterocycles. The van der Waals surface area contributed by atoms with Crippen LogP contribution in [0.1, 0.15) is 0 Å². The minimum absolute atomic E-state index is 0.701. The van der Waals surface area contributed by atoms with Crippen LogP contribution in [0.15, 0.2) is 194 Å². The van der Waals surface area contributed by atoms with Crippen molar-refractivity contribution in [2.24, 2.45) is 0 Å². The van der Waals surface area contributed by atoms with Crippen molar-refractivity contribution in [2.75, 3.05) is 0 Å². The highest BCUT2D eigenvalue weighted by atomic mass is 16.5. The molecule has 0 saturated heterocycles. The monoisotopic (exact) mass is 676 g/mol. The number of fused-ring (bicyclic) bond motifs is 2. The molecular weight excluding hydrogens is 645 g/mol. The van der Waals surface area contributed by atoms with Gasteiger partial charge in [-0.1, -0.05) is 158 Å². The largest absolute Gasteiger partial charge is 0.456 e. The van der Waals surface area contributed by atoms with Crippen LogP contribution in [0, 0.1) is 0 Å². The number of ether oxygens (including phenoxy) is 1. The Hall–Kier alpha value is -7.10. The van der Waals surface area contributed by atoms with Crippen LogP contribution in [0.3, 0.4) is 0 Å². The Labute approximate surface area is 308 Å². The zero-order valence-corrected chi connectivity index (χ0v) is 28.8. The average molecular weight is 677 g/mol. The third kappa shape index (κ3) is 5.75. The third-order valence-electron chi connectivity index (χ3n) is 10.1. The van der Waals surface area contributed by atoms with E-state index < -0.39 is 0 Å². The summed E-state index contributed by atoms with van der Waals surface area (Å²) in [6, 6.07) is 68.0. The Balaban J connectivity index is 1.02. The minimum atomic E-state index is 0.701. The van der Waals surface area contributed by atoms with E-state index in [1.165, 1.54) is 22.1 Å². The molecule has 1 aliphatic heterocycles. The average Bonchev–Trinajstić information content (AvgIpc) is 3.24. The highest BCUT2D eigenvalue weighted by Crippen LogP contribution is 2.47. The number of nitrogens with zero attached hydrogens (tertiary/aromatic N) is 2. The molecule has 0 bridgehead atoms. The van der Waals surface area contributed by atoms with Crippen molar-refractivity contribution in [3.63, 3.8) is 0 Å². The molecule has 0 N–H and O–H groups in total. The lowest BCUT2D eigenvalue weighted by molar-refractivity contribution is 0.487. The van der Waals surface area contributed by atoms with Gasteiger partial charge >= 0.3 is 0 Å². The molecule has 0 fully saturated rings. The summed E-state index contributed by atoms with van der Waals surface area (Å²) in [6.45, 7) is 0. The molecule has 10 rings (SSSR count). The molecule has 3 heteroatoms. The van der Waals surface area contributed by atoms with Gasteiger partial charge in [-0.15, -0.1) is 0 Å². The first-order valence-corrected chi connectivity index (χ1v) is 17.9. The number of hydrogen-bond acceptors (Lipinski definition) is 3. The lowest BCUT2D eigenvalue weighted by Crippen LogP contribution is -1.97. The van der Waals surface area contributed by atoms with Crippen LogP contribution < -0.4 is 4.74 Å². The third-order valence-corrected chi connectivity index (χ3v) is 10.1. The van der Waals surface area contributed by atoms with Crippen LogP contribution in [0.5, 0.6) is 11.5 Å². The summed E-state index contributed by atoms with van der Waals surface area (Å²) < 4.78 is 6.37. The molecule has 0 unspecified atom stereocenters. The van der Waals surface area contributed by atoms with Crippen LogP contribution in [-0.2, 0) is 0 Å². The summed E-state index contributed by atoms with van der Waals surface area (Å²) in [5, 5.41) is 2.35. The zero-order valence-electron chi connectivity index (χ0n) is 28.8. The fourth-order valence-corrected chi connectivity index (χ4v) is 7.40. The Morgan fingerprint density at radius 2 is 0.811 bits per heavy atom. The van der Waals surface area contributed by atoms with Crippen LogP contribution in [0.25, 0.3) is 89.2 Å². The quantitative estimate of drug-likeness (QED) is 0.176. The van der Waals surface area contributed by atoms with E-state index in [4.69, 9.17) is 14.7 Å². The summed E-state index contributed by atoms with van der Waals surface area (Å²) in [7, 11) is 0. The van der Waals surface area contributed by atoms with Gasteiger partial charge in [0.05, 0.1) is 11.4 Å². The fourth-order valence-electron chi connectivity index (χ4n) is 7.40. The van der Waals surface area contributed by atoms with Crippen LogP contribution in [0.4, 0.5) is 0 Å². The smallest absolute Gasteiger partial charge is 0.160 e. The Kier molecular flexibility index (Phi) is 7.47. The van der Waals surface area contributed by atoms with Crippen molar-refractivity contribution in [3.8, 4) is 89.9 Å². The molecule has 3 nitrogen and oxygen atoms in total. The molecule has 0 radical (unpaired) electrons. The Bertz CT molecular complexity index is 2790. The van der Waals surface area contributed by atoms with E-state index in [0.29, 0.717) is 5.82 Å². The van der Waals surface area contributed by atoms with Crippen LogP contribution in [0.2, 0.25) is 0 Å². The van der Waals surface area contributed by atoms with Gasteiger partial charge in [0.2, 0.25) is 0 Å². The molecular formula is C50H32N2O. The first-order chi connectivity index (χ1) is 26.2. The maximum Gasteiger partial charge on any atom is 0.160 e. The molecule has 8 aromatic carbocycles. The predicted octanol–water partition coefficient (Wildman–Crippen LogP) is 13.4. The Morgan fingerprint density at radius 3 is 1.53 bits per heavy atom. The van der Waals surface area contributed by atoms with Crippen molar-refractivity contribution >= 4 is 10.8 Å². The maximum absolute atomic E-state index is 6.37. The maximum atomic E-state index is 6.37. The molecule has 9 aromatic rings. The van der Waals surface area contributed by atoms with E-state index >= 15 is 0 Å². The predicted molar refractivity (Wildman–Crippen MR) is 218 cm³/mol. The molecule has 0 aliphatic carbocycles. The van der Waals surface area contributed by atoms with E-state index in [-0.39, 0.29) is 0 Å². The van der Waals surface area contributed by atoms with Gasteiger partial charge in [0.25, 0.3) is 0 Å². The topological polar surface area (TPSA) is 35.0 Å². The molecule has 53 heavy (non-hydrogen) atoms. The number of hydrogen-bond donors (Lipinski definition) is 0. The molecule has 0 spiro atoms. The van der Waals surface area contributed by atoms with Gasteiger partial charge in [0.15, 0.2) is 5.82 Å². The van der Waals surface area contributed by atoms with Gasteiger partial charge < -0.3 is 4.74 Å². The van der Waals surface area contributed by atoms with E-state index in [2.05, 4.69) is 164 Å². The summed E-state index contributed by atoms with van der Waals surface area (Å²) in [5.74, 6) is 2.50. The normalized spacial score (nSPS) is 11.5. The van der Waals surface area contributed by atoms with Crippen molar-refractivity contribution in [2.45, 2.75) is 0 Å². The standard InChI is InChI=1S/C50H32N2O/c1-3-11-33(12-4-1)34-23-25-35(26-24-34)45-32-46(52-50(51-45)37-13-5-2-6-14-37)42-20-8-19-40(30-42)38-17-7-18-39(29-38)41-27-28-47-44(31-41)43-21-9-15-36-16-10-22-48(53-47)49(36)43/h1-32H. The highest BCUT2D eigenvalue weighted by Gasteiger charge is 2.20. The van der Waals surface area contributed by atoms with Gasteiger partial charge in [-0.25, -0.2) is 9.97 Å². The van der Waals surface area contributed by atoms with Crippen molar-refractivity contribution < 1.29 is 4.74 Å². The van der Waals surface area contributed by atoms with Crippen molar-refractivity contribution in [1.29, 1.82) is 0 Å². The van der Waals surface area contributed by atoms with E-state index in [9.17, 15) is 0 Å². The molecule has 0 amide bonds. The van der Waals surface area contributed by atoms with Crippen LogP contribution >= 0.6 is 0 Å². The van der Waals surface area contributed by atoms with Crippen LogP contribution in [-0.4, -0.2) is 9.97 Å². The number of rotatable bonds is 6. The van der Waals surface area contributed by atoms with E-state index in [0.717, 1.165) is 72.8 Å². The lowest BCUT2D eigenvalue weighted by atomic mass is 9.91. The minimum Gasteiger partial charge on any atom is -0.456 e. The fraction of sp³-hybridized carbons (Fsp3) is 0.